The Morgan fingerprint density at radius 1 is 1.24 bits per heavy atom. The second-order valence-electron chi connectivity index (χ2n) is 4.46. The van der Waals surface area contributed by atoms with Gasteiger partial charge in [-0.1, -0.05) is 29.8 Å². The largest absolute Gasteiger partial charge is 0.457 e. The number of rotatable bonds is 4. The molecule has 2 aromatic carbocycles. The molecule has 108 valence electrons. The molecule has 0 saturated heterocycles. The number of carbonyl (C=O) groups is 1. The summed E-state index contributed by atoms with van der Waals surface area (Å²) in [5, 5.41) is 11.4. The van der Waals surface area contributed by atoms with Crippen molar-refractivity contribution in [3.63, 3.8) is 0 Å². The van der Waals surface area contributed by atoms with Gasteiger partial charge in [-0.05, 0) is 30.7 Å². The number of ether oxygens (including phenoxy) is 1. The van der Waals surface area contributed by atoms with Gasteiger partial charge < -0.3 is 4.74 Å². The third-order valence-electron chi connectivity index (χ3n) is 2.92. The molecule has 0 atom stereocenters. The fourth-order valence-electron chi connectivity index (χ4n) is 1.75. The monoisotopic (exact) mass is 305 g/mol. The average molecular weight is 306 g/mol. The van der Waals surface area contributed by atoms with Crippen LogP contribution in [0.15, 0.2) is 42.5 Å². The molecular formula is C15H12ClNO4. The fraction of sp³-hybridized carbons (Fsp3) is 0.133. The highest BCUT2D eigenvalue weighted by atomic mass is 35.5. The average Bonchev–Trinajstić information content (AvgIpc) is 2.46. The summed E-state index contributed by atoms with van der Waals surface area (Å²) in [4.78, 5) is 22.2. The first-order chi connectivity index (χ1) is 9.97. The van der Waals surface area contributed by atoms with E-state index in [1.54, 1.807) is 31.2 Å². The Morgan fingerprint density at radius 3 is 2.52 bits per heavy atom. The highest BCUT2D eigenvalue weighted by Gasteiger charge is 2.15. The summed E-state index contributed by atoms with van der Waals surface area (Å²) in [5.41, 5.74) is 1.33. The maximum absolute atomic E-state index is 11.9. The van der Waals surface area contributed by atoms with Crippen molar-refractivity contribution < 1.29 is 14.5 Å². The van der Waals surface area contributed by atoms with E-state index in [9.17, 15) is 14.9 Å². The van der Waals surface area contributed by atoms with Gasteiger partial charge in [-0.2, -0.15) is 0 Å². The lowest BCUT2D eigenvalue weighted by atomic mass is 10.1. The molecule has 0 radical (unpaired) electrons. The molecule has 21 heavy (non-hydrogen) atoms. The van der Waals surface area contributed by atoms with Crippen LogP contribution in [-0.2, 0) is 11.3 Å². The van der Waals surface area contributed by atoms with Gasteiger partial charge >= 0.3 is 5.97 Å². The van der Waals surface area contributed by atoms with E-state index in [4.69, 9.17) is 16.3 Å². The molecule has 0 aliphatic heterocycles. The van der Waals surface area contributed by atoms with Crippen molar-refractivity contribution >= 4 is 23.3 Å². The SMILES string of the molecule is Cc1ccc(C(=O)OCc2ccc(Cl)cc2)cc1[N+](=O)[O-]. The number of hydrogen-bond donors (Lipinski definition) is 0. The van der Waals surface area contributed by atoms with Crippen LogP contribution in [0.25, 0.3) is 0 Å². The summed E-state index contributed by atoms with van der Waals surface area (Å²) < 4.78 is 5.12. The van der Waals surface area contributed by atoms with Gasteiger partial charge in [0.25, 0.3) is 5.69 Å². The Balaban J connectivity index is 2.08. The summed E-state index contributed by atoms with van der Waals surface area (Å²) in [7, 11) is 0. The Morgan fingerprint density at radius 2 is 1.90 bits per heavy atom. The minimum absolute atomic E-state index is 0.0810. The number of nitro groups is 1. The van der Waals surface area contributed by atoms with Crippen molar-refractivity contribution in [3.8, 4) is 0 Å². The summed E-state index contributed by atoms with van der Waals surface area (Å²) >= 11 is 5.76. The zero-order chi connectivity index (χ0) is 15.4. The smallest absolute Gasteiger partial charge is 0.338 e. The van der Waals surface area contributed by atoms with E-state index in [2.05, 4.69) is 0 Å². The van der Waals surface area contributed by atoms with Crippen molar-refractivity contribution in [3.05, 3.63) is 74.3 Å². The highest BCUT2D eigenvalue weighted by Crippen LogP contribution is 2.20. The zero-order valence-electron chi connectivity index (χ0n) is 11.2. The van der Waals surface area contributed by atoms with Gasteiger partial charge in [0, 0.05) is 16.7 Å². The molecule has 0 spiro atoms. The predicted molar refractivity (Wildman–Crippen MR) is 78.4 cm³/mol. The Labute approximate surface area is 126 Å². The highest BCUT2D eigenvalue weighted by molar-refractivity contribution is 6.30. The van der Waals surface area contributed by atoms with Crippen LogP contribution in [0.2, 0.25) is 5.02 Å². The van der Waals surface area contributed by atoms with Crippen LogP contribution in [0.3, 0.4) is 0 Å². The standard InChI is InChI=1S/C15H12ClNO4/c1-10-2-5-12(8-14(10)17(19)20)15(18)21-9-11-3-6-13(16)7-4-11/h2-8H,9H2,1H3. The lowest BCUT2D eigenvalue weighted by molar-refractivity contribution is -0.385. The summed E-state index contributed by atoms with van der Waals surface area (Å²) in [6, 6.07) is 11.1. The molecule has 0 fully saturated rings. The number of aryl methyl sites for hydroxylation is 1. The van der Waals surface area contributed by atoms with Gasteiger partial charge in [0.1, 0.15) is 6.61 Å². The Hall–Kier alpha value is -2.40. The number of nitro benzene ring substituents is 1. The van der Waals surface area contributed by atoms with Crippen molar-refractivity contribution in [2.45, 2.75) is 13.5 Å². The zero-order valence-corrected chi connectivity index (χ0v) is 12.0. The van der Waals surface area contributed by atoms with Crippen LogP contribution in [0.5, 0.6) is 0 Å². The molecule has 0 N–H and O–H groups in total. The normalized spacial score (nSPS) is 10.2. The first-order valence-corrected chi connectivity index (χ1v) is 6.52. The number of carbonyl (C=O) groups excluding carboxylic acids is 1. The molecule has 0 heterocycles. The van der Waals surface area contributed by atoms with Crippen molar-refractivity contribution in [2.24, 2.45) is 0 Å². The third kappa shape index (κ3) is 3.79. The van der Waals surface area contributed by atoms with E-state index in [1.807, 2.05) is 0 Å². The molecule has 0 aliphatic carbocycles. The van der Waals surface area contributed by atoms with Crippen LogP contribution in [0.1, 0.15) is 21.5 Å². The topological polar surface area (TPSA) is 69.4 Å². The van der Waals surface area contributed by atoms with Crippen LogP contribution in [0.4, 0.5) is 5.69 Å². The van der Waals surface area contributed by atoms with Gasteiger partial charge in [-0.15, -0.1) is 0 Å². The van der Waals surface area contributed by atoms with Gasteiger partial charge in [0.2, 0.25) is 0 Å². The van der Waals surface area contributed by atoms with E-state index in [0.29, 0.717) is 10.6 Å². The van der Waals surface area contributed by atoms with E-state index in [0.717, 1.165) is 5.56 Å². The maximum atomic E-state index is 11.9. The minimum Gasteiger partial charge on any atom is -0.457 e. The summed E-state index contributed by atoms with van der Waals surface area (Å²) in [6.07, 6.45) is 0. The molecule has 0 amide bonds. The number of nitrogens with zero attached hydrogens (tertiary/aromatic N) is 1. The lowest BCUT2D eigenvalue weighted by Crippen LogP contribution is -2.06. The minimum atomic E-state index is -0.604. The number of esters is 1. The van der Waals surface area contributed by atoms with Gasteiger partial charge in [0.05, 0.1) is 10.5 Å². The number of benzene rings is 2. The fourth-order valence-corrected chi connectivity index (χ4v) is 1.87. The Kier molecular flexibility index (Phi) is 4.55. The quantitative estimate of drug-likeness (QED) is 0.488. The second-order valence-corrected chi connectivity index (χ2v) is 4.90. The van der Waals surface area contributed by atoms with Crippen molar-refractivity contribution in [2.75, 3.05) is 0 Å². The van der Waals surface area contributed by atoms with Gasteiger partial charge in [-0.25, -0.2) is 4.79 Å². The van der Waals surface area contributed by atoms with E-state index in [1.165, 1.54) is 18.2 Å². The first kappa shape index (κ1) is 15.0. The third-order valence-corrected chi connectivity index (χ3v) is 3.18. The summed E-state index contributed by atoms with van der Waals surface area (Å²) in [6.45, 7) is 1.69. The first-order valence-electron chi connectivity index (χ1n) is 6.14. The maximum Gasteiger partial charge on any atom is 0.338 e. The van der Waals surface area contributed by atoms with E-state index in [-0.39, 0.29) is 17.9 Å². The van der Waals surface area contributed by atoms with Crippen LogP contribution < -0.4 is 0 Å². The van der Waals surface area contributed by atoms with Gasteiger partial charge in [0.15, 0.2) is 0 Å². The number of halogens is 1. The molecule has 2 aromatic rings. The molecule has 0 saturated carbocycles. The Bertz CT molecular complexity index is 683. The predicted octanol–water partition coefficient (Wildman–Crippen LogP) is 3.91. The molecule has 2 rings (SSSR count). The van der Waals surface area contributed by atoms with E-state index >= 15 is 0 Å². The molecule has 5 nitrogen and oxygen atoms in total. The molecule has 6 heteroatoms. The molecule has 0 unspecified atom stereocenters. The van der Waals surface area contributed by atoms with Crippen molar-refractivity contribution in [1.82, 2.24) is 0 Å². The molecular weight excluding hydrogens is 294 g/mol. The van der Waals surface area contributed by atoms with Crippen LogP contribution >= 0.6 is 11.6 Å². The number of hydrogen-bond acceptors (Lipinski definition) is 4. The molecule has 0 bridgehead atoms. The van der Waals surface area contributed by atoms with Gasteiger partial charge in [-0.3, -0.25) is 10.1 Å². The van der Waals surface area contributed by atoms with Crippen molar-refractivity contribution in [1.29, 1.82) is 0 Å². The van der Waals surface area contributed by atoms with Crippen LogP contribution in [0, 0.1) is 17.0 Å². The molecule has 0 aliphatic rings. The molecule has 0 aromatic heterocycles. The lowest BCUT2D eigenvalue weighted by Gasteiger charge is -2.06. The summed E-state index contributed by atoms with van der Waals surface area (Å²) in [5.74, 6) is -0.604. The second kappa shape index (κ2) is 6.37. The van der Waals surface area contributed by atoms with Crippen LogP contribution in [-0.4, -0.2) is 10.9 Å². The van der Waals surface area contributed by atoms with E-state index < -0.39 is 10.9 Å².